The van der Waals surface area contributed by atoms with Crippen LogP contribution >= 0.6 is 22.6 Å². The van der Waals surface area contributed by atoms with Gasteiger partial charge < -0.3 is 0 Å². The van der Waals surface area contributed by atoms with Crippen molar-refractivity contribution in [3.05, 3.63) is 42.0 Å². The van der Waals surface area contributed by atoms with Crippen molar-refractivity contribution in [2.24, 2.45) is 0 Å². The van der Waals surface area contributed by atoms with Crippen LogP contribution < -0.4 is 0 Å². The Morgan fingerprint density at radius 2 is 1.90 bits per heavy atom. The van der Waals surface area contributed by atoms with E-state index < -0.39 is 0 Å². The zero-order valence-electron chi connectivity index (χ0n) is 5.84. The Hall–Kier alpha value is -0.310. The average Bonchev–Trinajstić information content (AvgIpc) is 2.05. The summed E-state index contributed by atoms with van der Waals surface area (Å²) < 4.78 is 1.30. The molecule has 0 unspecified atom stereocenters. The second-order valence-electron chi connectivity index (χ2n) is 2.00. The molecule has 1 heteroatoms. The minimum absolute atomic E-state index is 1.30. The first-order valence-electron chi connectivity index (χ1n) is 3.22. The topological polar surface area (TPSA) is 0 Å². The molecule has 0 aliphatic rings. The van der Waals surface area contributed by atoms with Crippen molar-refractivity contribution in [1.82, 2.24) is 0 Å². The van der Waals surface area contributed by atoms with E-state index in [2.05, 4.69) is 59.9 Å². The number of benzene rings is 1. The van der Waals surface area contributed by atoms with Crippen molar-refractivity contribution >= 4 is 26.2 Å². The minimum atomic E-state index is 1.30. The number of rotatable bonds is 1. The molecule has 0 amide bonds. The van der Waals surface area contributed by atoms with Crippen LogP contribution in [0, 0.1) is 0 Å². The fraction of sp³-hybridized carbons (Fsp3) is 0.111. The standard InChI is InChI=1S/C9H9I/c1-2-9(10)8-6-4-3-5-7-8/h2-7H,1H3/b9-2-. The molecule has 1 rings (SSSR count). The lowest BCUT2D eigenvalue weighted by atomic mass is 10.2. The highest BCUT2D eigenvalue weighted by Crippen LogP contribution is 2.20. The van der Waals surface area contributed by atoms with Gasteiger partial charge in [-0.15, -0.1) is 0 Å². The normalized spacial score (nSPS) is 11.6. The number of allylic oxidation sites excluding steroid dienone is 1. The highest BCUT2D eigenvalue weighted by atomic mass is 127. The first kappa shape index (κ1) is 7.79. The highest BCUT2D eigenvalue weighted by Gasteiger charge is 1.90. The van der Waals surface area contributed by atoms with Gasteiger partial charge in [-0.1, -0.05) is 36.4 Å². The molecule has 1 aromatic rings. The Morgan fingerprint density at radius 3 is 2.40 bits per heavy atom. The van der Waals surface area contributed by atoms with Crippen LogP contribution in [0.5, 0.6) is 0 Å². The summed E-state index contributed by atoms with van der Waals surface area (Å²) in [5.74, 6) is 0. The molecule has 0 nitrogen and oxygen atoms in total. The van der Waals surface area contributed by atoms with Crippen molar-refractivity contribution in [2.75, 3.05) is 0 Å². The molecule has 0 aromatic heterocycles. The average molecular weight is 244 g/mol. The predicted octanol–water partition coefficient (Wildman–Crippen LogP) is 3.48. The Labute approximate surface area is 75.1 Å². The quantitative estimate of drug-likeness (QED) is 0.663. The van der Waals surface area contributed by atoms with Gasteiger partial charge in [0.05, 0.1) is 0 Å². The van der Waals surface area contributed by atoms with E-state index in [0.717, 1.165) is 0 Å². The Kier molecular flexibility index (Phi) is 2.93. The molecule has 0 aliphatic carbocycles. The van der Waals surface area contributed by atoms with Crippen molar-refractivity contribution in [3.63, 3.8) is 0 Å². The highest BCUT2D eigenvalue weighted by molar-refractivity contribution is 14.1. The summed E-state index contributed by atoms with van der Waals surface area (Å²) in [7, 11) is 0. The fourth-order valence-electron chi connectivity index (χ4n) is 0.764. The zero-order chi connectivity index (χ0) is 7.40. The van der Waals surface area contributed by atoms with Gasteiger partial charge in [-0.2, -0.15) is 0 Å². The molecule has 0 saturated heterocycles. The van der Waals surface area contributed by atoms with Gasteiger partial charge in [-0.05, 0) is 35.1 Å². The number of halogens is 1. The smallest absolute Gasteiger partial charge is 0.0160 e. The SMILES string of the molecule is C/C=C(\I)c1ccccc1. The van der Waals surface area contributed by atoms with Gasteiger partial charge in [-0.25, -0.2) is 0 Å². The molecule has 1 aromatic carbocycles. The van der Waals surface area contributed by atoms with Crippen LogP contribution in [0.15, 0.2) is 36.4 Å². The van der Waals surface area contributed by atoms with Gasteiger partial charge in [0.25, 0.3) is 0 Å². The molecule has 0 radical (unpaired) electrons. The molecule has 0 heterocycles. The first-order chi connectivity index (χ1) is 4.84. The molecule has 10 heavy (non-hydrogen) atoms. The third-order valence-electron chi connectivity index (χ3n) is 1.30. The Bertz CT molecular complexity index is 224. The third-order valence-corrected chi connectivity index (χ3v) is 2.55. The summed E-state index contributed by atoms with van der Waals surface area (Å²) in [6.45, 7) is 2.05. The van der Waals surface area contributed by atoms with E-state index in [0.29, 0.717) is 0 Å². The maximum atomic E-state index is 2.33. The van der Waals surface area contributed by atoms with Gasteiger partial charge in [0.2, 0.25) is 0 Å². The Morgan fingerprint density at radius 1 is 1.30 bits per heavy atom. The molecule has 0 bridgehead atoms. The minimum Gasteiger partial charge on any atom is -0.0736 e. The summed E-state index contributed by atoms with van der Waals surface area (Å²) >= 11 is 2.33. The van der Waals surface area contributed by atoms with Gasteiger partial charge >= 0.3 is 0 Å². The van der Waals surface area contributed by atoms with Crippen LogP contribution in [-0.4, -0.2) is 0 Å². The maximum Gasteiger partial charge on any atom is 0.0160 e. The summed E-state index contributed by atoms with van der Waals surface area (Å²) in [5.41, 5.74) is 1.30. The molecule has 0 spiro atoms. The monoisotopic (exact) mass is 244 g/mol. The van der Waals surface area contributed by atoms with E-state index in [1.165, 1.54) is 9.14 Å². The maximum absolute atomic E-state index is 2.33. The zero-order valence-corrected chi connectivity index (χ0v) is 8.00. The molecular formula is C9H9I. The lowest BCUT2D eigenvalue weighted by Crippen LogP contribution is -1.71. The van der Waals surface area contributed by atoms with Gasteiger partial charge in [0.1, 0.15) is 0 Å². The van der Waals surface area contributed by atoms with Gasteiger partial charge in [0.15, 0.2) is 0 Å². The van der Waals surface area contributed by atoms with Crippen LogP contribution in [0.3, 0.4) is 0 Å². The molecule has 0 saturated carbocycles. The van der Waals surface area contributed by atoms with Crippen LogP contribution in [-0.2, 0) is 0 Å². The second kappa shape index (κ2) is 3.76. The molecule has 0 aliphatic heterocycles. The Balaban J connectivity index is 2.96. The van der Waals surface area contributed by atoms with Crippen molar-refractivity contribution in [3.8, 4) is 0 Å². The van der Waals surface area contributed by atoms with E-state index in [9.17, 15) is 0 Å². The van der Waals surface area contributed by atoms with Gasteiger partial charge in [-0.3, -0.25) is 0 Å². The molecule has 0 atom stereocenters. The van der Waals surface area contributed by atoms with Crippen molar-refractivity contribution in [2.45, 2.75) is 6.92 Å². The largest absolute Gasteiger partial charge is 0.0736 e. The van der Waals surface area contributed by atoms with E-state index >= 15 is 0 Å². The number of hydrogen-bond donors (Lipinski definition) is 0. The second-order valence-corrected chi connectivity index (χ2v) is 3.16. The van der Waals surface area contributed by atoms with Crippen LogP contribution in [0.4, 0.5) is 0 Å². The van der Waals surface area contributed by atoms with Crippen LogP contribution in [0.25, 0.3) is 3.58 Å². The first-order valence-corrected chi connectivity index (χ1v) is 4.29. The molecular weight excluding hydrogens is 235 g/mol. The molecule has 0 N–H and O–H groups in total. The lowest BCUT2D eigenvalue weighted by molar-refractivity contribution is 1.64. The van der Waals surface area contributed by atoms with Crippen molar-refractivity contribution < 1.29 is 0 Å². The lowest BCUT2D eigenvalue weighted by Gasteiger charge is -1.95. The van der Waals surface area contributed by atoms with Gasteiger partial charge in [0, 0.05) is 3.58 Å². The summed E-state index contributed by atoms with van der Waals surface area (Å²) in [4.78, 5) is 0. The summed E-state index contributed by atoms with van der Waals surface area (Å²) in [6.07, 6.45) is 2.11. The number of hydrogen-bond acceptors (Lipinski definition) is 0. The van der Waals surface area contributed by atoms with Crippen LogP contribution in [0.2, 0.25) is 0 Å². The van der Waals surface area contributed by atoms with E-state index in [4.69, 9.17) is 0 Å². The fourth-order valence-corrected chi connectivity index (χ4v) is 1.12. The van der Waals surface area contributed by atoms with Crippen molar-refractivity contribution in [1.29, 1.82) is 0 Å². The predicted molar refractivity (Wildman–Crippen MR) is 54.1 cm³/mol. The van der Waals surface area contributed by atoms with Crippen LogP contribution in [0.1, 0.15) is 12.5 Å². The molecule has 52 valence electrons. The summed E-state index contributed by atoms with van der Waals surface area (Å²) in [6, 6.07) is 10.4. The van der Waals surface area contributed by atoms with E-state index in [1.807, 2.05) is 6.07 Å². The third kappa shape index (κ3) is 1.84. The molecule has 0 fully saturated rings. The summed E-state index contributed by atoms with van der Waals surface area (Å²) in [5, 5.41) is 0. The van der Waals surface area contributed by atoms with E-state index in [-0.39, 0.29) is 0 Å². The van der Waals surface area contributed by atoms with E-state index in [1.54, 1.807) is 0 Å².